The zero-order valence-electron chi connectivity index (χ0n) is 13.0. The molecule has 0 aliphatic carbocycles. The van der Waals surface area contributed by atoms with E-state index in [-0.39, 0.29) is 18.9 Å². The fraction of sp³-hybridized carbons (Fsp3) is 0.235. The minimum absolute atomic E-state index is 0.0213. The maximum atomic E-state index is 12.6. The second-order valence-corrected chi connectivity index (χ2v) is 6.61. The van der Waals surface area contributed by atoms with Crippen LogP contribution in [0.1, 0.15) is 10.6 Å². The van der Waals surface area contributed by atoms with Crippen LogP contribution in [0.4, 0.5) is 0 Å². The van der Waals surface area contributed by atoms with Crippen molar-refractivity contribution in [3.05, 3.63) is 42.2 Å². The van der Waals surface area contributed by atoms with Crippen LogP contribution in [0.5, 0.6) is 0 Å². The normalized spacial score (nSPS) is 17.8. The van der Waals surface area contributed by atoms with Crippen LogP contribution in [0.25, 0.3) is 21.0 Å². The Balaban J connectivity index is 1.61. The lowest BCUT2D eigenvalue weighted by Crippen LogP contribution is -2.52. The van der Waals surface area contributed by atoms with Gasteiger partial charge in [-0.1, -0.05) is 12.1 Å². The highest BCUT2D eigenvalue weighted by atomic mass is 32.1. The topological polar surface area (TPSA) is 92.9 Å². The fourth-order valence-corrected chi connectivity index (χ4v) is 3.67. The first-order valence-electron chi connectivity index (χ1n) is 7.71. The minimum atomic E-state index is -1.09. The van der Waals surface area contributed by atoms with Crippen LogP contribution >= 0.6 is 11.3 Å². The summed E-state index contributed by atoms with van der Waals surface area (Å²) in [4.78, 5) is 29.7. The summed E-state index contributed by atoms with van der Waals surface area (Å²) in [6, 6.07) is 9.96. The van der Waals surface area contributed by atoms with Crippen molar-refractivity contribution in [2.75, 3.05) is 19.8 Å². The summed E-state index contributed by atoms with van der Waals surface area (Å²) in [5, 5.41) is 9.93. The summed E-state index contributed by atoms with van der Waals surface area (Å²) in [5.41, 5.74) is 0.867. The number of carbonyl (C=O) groups is 2. The average Bonchev–Trinajstić information content (AvgIpc) is 3.27. The number of amides is 1. The van der Waals surface area contributed by atoms with Crippen LogP contribution < -0.4 is 0 Å². The van der Waals surface area contributed by atoms with E-state index >= 15 is 0 Å². The third kappa shape index (κ3) is 2.90. The van der Waals surface area contributed by atoms with Crippen molar-refractivity contribution >= 4 is 33.4 Å². The highest BCUT2D eigenvalue weighted by Gasteiger charge is 2.34. The predicted octanol–water partition coefficient (Wildman–Crippen LogP) is 2.48. The molecule has 128 valence electrons. The molecule has 4 rings (SSSR count). The molecule has 1 atom stereocenters. The van der Waals surface area contributed by atoms with Gasteiger partial charge in [-0.3, -0.25) is 4.79 Å². The Bertz CT molecular complexity index is 914. The van der Waals surface area contributed by atoms with E-state index in [9.17, 15) is 14.7 Å². The smallest absolute Gasteiger partial charge is 0.328 e. The maximum absolute atomic E-state index is 12.6. The number of thiazole rings is 1. The molecule has 1 saturated heterocycles. The molecule has 1 unspecified atom stereocenters. The van der Waals surface area contributed by atoms with Gasteiger partial charge in [-0.2, -0.15) is 0 Å². The summed E-state index contributed by atoms with van der Waals surface area (Å²) in [5.74, 6) is -0.957. The Morgan fingerprint density at radius 2 is 2.08 bits per heavy atom. The van der Waals surface area contributed by atoms with Gasteiger partial charge < -0.3 is 19.2 Å². The average molecular weight is 358 g/mol. The molecule has 25 heavy (non-hydrogen) atoms. The van der Waals surface area contributed by atoms with Gasteiger partial charge >= 0.3 is 5.97 Å². The number of nitrogens with zero attached hydrogens (tertiary/aromatic N) is 2. The molecule has 0 radical (unpaired) electrons. The summed E-state index contributed by atoms with van der Waals surface area (Å²) < 4.78 is 11.8. The highest BCUT2D eigenvalue weighted by molar-refractivity contribution is 7.21. The van der Waals surface area contributed by atoms with Crippen molar-refractivity contribution in [3.63, 3.8) is 0 Å². The first-order valence-corrected chi connectivity index (χ1v) is 8.52. The van der Waals surface area contributed by atoms with Crippen LogP contribution in [0, 0.1) is 0 Å². The van der Waals surface area contributed by atoms with Gasteiger partial charge in [-0.05, 0) is 24.3 Å². The van der Waals surface area contributed by atoms with Crippen molar-refractivity contribution in [3.8, 4) is 10.8 Å². The molecule has 8 heteroatoms. The Morgan fingerprint density at radius 3 is 2.88 bits per heavy atom. The molecule has 1 aromatic carbocycles. The van der Waals surface area contributed by atoms with Gasteiger partial charge in [0.1, 0.15) is 0 Å². The molecule has 3 aromatic rings. The number of para-hydroxylation sites is 1. The first kappa shape index (κ1) is 15.8. The Morgan fingerprint density at radius 1 is 1.24 bits per heavy atom. The first-order chi connectivity index (χ1) is 12.1. The molecule has 1 aliphatic heterocycles. The number of fused-ring (bicyclic) bond motifs is 1. The number of carbonyl (C=O) groups excluding carboxylic acids is 1. The molecule has 3 heterocycles. The number of aromatic nitrogens is 1. The predicted molar refractivity (Wildman–Crippen MR) is 90.6 cm³/mol. The maximum Gasteiger partial charge on any atom is 0.328 e. The van der Waals surface area contributed by atoms with E-state index in [0.29, 0.717) is 17.4 Å². The summed E-state index contributed by atoms with van der Waals surface area (Å²) in [7, 11) is 0. The van der Waals surface area contributed by atoms with E-state index < -0.39 is 17.9 Å². The second kappa shape index (κ2) is 6.30. The number of rotatable bonds is 3. The third-order valence-corrected chi connectivity index (χ3v) is 5.05. The molecule has 0 spiro atoms. The van der Waals surface area contributed by atoms with Crippen molar-refractivity contribution in [1.29, 1.82) is 0 Å². The fourth-order valence-electron chi connectivity index (χ4n) is 2.74. The van der Waals surface area contributed by atoms with Crippen LogP contribution in [0.3, 0.4) is 0 Å². The largest absolute Gasteiger partial charge is 0.480 e. The van der Waals surface area contributed by atoms with Gasteiger partial charge in [-0.25, -0.2) is 9.78 Å². The summed E-state index contributed by atoms with van der Waals surface area (Å²) in [6.07, 6.45) is 0. The van der Waals surface area contributed by atoms with E-state index in [1.807, 2.05) is 24.3 Å². The van der Waals surface area contributed by atoms with Gasteiger partial charge in [-0.15, -0.1) is 11.3 Å². The number of carboxylic acid groups (broad SMARTS) is 1. The number of ether oxygens (including phenoxy) is 1. The Kier molecular flexibility index (Phi) is 3.98. The van der Waals surface area contributed by atoms with Crippen molar-refractivity contribution in [2.24, 2.45) is 0 Å². The molecule has 1 aliphatic rings. The summed E-state index contributed by atoms with van der Waals surface area (Å²) >= 11 is 1.47. The molecule has 7 nitrogen and oxygen atoms in total. The van der Waals surface area contributed by atoms with Gasteiger partial charge in [0, 0.05) is 6.54 Å². The number of hydrogen-bond acceptors (Lipinski definition) is 6. The molecular weight excluding hydrogens is 344 g/mol. The van der Waals surface area contributed by atoms with Crippen molar-refractivity contribution in [2.45, 2.75) is 6.04 Å². The minimum Gasteiger partial charge on any atom is -0.480 e. The molecule has 0 bridgehead atoms. The monoisotopic (exact) mass is 358 g/mol. The zero-order chi connectivity index (χ0) is 17.4. The van der Waals surface area contributed by atoms with Gasteiger partial charge in [0.25, 0.3) is 5.91 Å². The number of hydrogen-bond donors (Lipinski definition) is 1. The van der Waals surface area contributed by atoms with Gasteiger partial charge in [0.2, 0.25) is 0 Å². The van der Waals surface area contributed by atoms with E-state index in [1.54, 1.807) is 12.1 Å². The highest BCUT2D eigenvalue weighted by Crippen LogP contribution is 2.31. The zero-order valence-corrected chi connectivity index (χ0v) is 13.9. The van der Waals surface area contributed by atoms with Gasteiger partial charge in [0.05, 0.1) is 23.4 Å². The number of benzene rings is 1. The van der Waals surface area contributed by atoms with Crippen molar-refractivity contribution < 1.29 is 23.8 Å². The number of aliphatic carboxylic acids is 1. The lowest BCUT2D eigenvalue weighted by molar-refractivity contribution is -0.147. The van der Waals surface area contributed by atoms with E-state index in [4.69, 9.17) is 9.15 Å². The van der Waals surface area contributed by atoms with Crippen LogP contribution in [0.2, 0.25) is 0 Å². The summed E-state index contributed by atoms with van der Waals surface area (Å²) in [6.45, 7) is 0.500. The van der Waals surface area contributed by atoms with Crippen molar-refractivity contribution in [1.82, 2.24) is 9.88 Å². The molecular formula is C17H14N2O5S. The van der Waals surface area contributed by atoms with Crippen LogP contribution in [-0.2, 0) is 9.53 Å². The molecule has 1 N–H and O–H groups in total. The molecule has 0 saturated carbocycles. The SMILES string of the molecule is O=C(O)C1COCCN1C(=O)c1ccc(-c2nc3ccccc3s2)o1. The quantitative estimate of drug-likeness (QED) is 0.773. The number of furan rings is 1. The third-order valence-electron chi connectivity index (χ3n) is 4.00. The van der Waals surface area contributed by atoms with E-state index in [2.05, 4.69) is 4.98 Å². The number of carboxylic acids is 1. The molecule has 1 fully saturated rings. The lowest BCUT2D eigenvalue weighted by atomic mass is 10.2. The lowest BCUT2D eigenvalue weighted by Gasteiger charge is -2.32. The second-order valence-electron chi connectivity index (χ2n) is 5.58. The number of morpholine rings is 1. The van der Waals surface area contributed by atoms with Crippen LogP contribution in [-0.4, -0.2) is 52.7 Å². The van der Waals surface area contributed by atoms with Crippen LogP contribution in [0.15, 0.2) is 40.8 Å². The molecule has 2 aromatic heterocycles. The molecule has 1 amide bonds. The Hall–Kier alpha value is -2.71. The Labute approximate surface area is 146 Å². The van der Waals surface area contributed by atoms with E-state index in [1.165, 1.54) is 16.2 Å². The standard InChI is InChI=1S/C17H14N2O5S/c20-16(19-7-8-23-9-11(19)17(21)22)13-6-5-12(24-13)15-18-10-3-1-2-4-14(10)25-15/h1-6,11H,7-9H2,(H,21,22). The van der Waals surface area contributed by atoms with E-state index in [0.717, 1.165) is 10.2 Å². The van der Waals surface area contributed by atoms with Gasteiger partial charge in [0.15, 0.2) is 22.6 Å².